The number of esters is 1. The number of carboxylic acid groups (broad SMARTS) is 1. The molecular formula is C43H74O10. The van der Waals surface area contributed by atoms with Gasteiger partial charge in [0.25, 0.3) is 0 Å². The Balaban J connectivity index is 0.000000530. The number of allylic oxidation sites excluding steroid dienone is 4. The van der Waals surface area contributed by atoms with Crippen molar-refractivity contribution < 1.29 is 50.1 Å². The van der Waals surface area contributed by atoms with Gasteiger partial charge in [0, 0.05) is 37.5 Å². The van der Waals surface area contributed by atoms with Crippen molar-refractivity contribution >= 4 is 11.9 Å². The first kappa shape index (κ1) is 48.7. The Morgan fingerprint density at radius 2 is 1.06 bits per heavy atom. The fraction of sp³-hybridized carbons (Fsp3) is 0.767. The quantitative estimate of drug-likeness (QED) is 0.0309. The molecule has 0 amide bonds. The minimum absolute atomic E-state index is 0.0560. The molecule has 0 radical (unpaired) electrons. The third kappa shape index (κ3) is 20.8. The number of hydrogen-bond donors (Lipinski definition) is 7. The van der Waals surface area contributed by atoms with Gasteiger partial charge in [0.1, 0.15) is 0 Å². The molecular weight excluding hydrogens is 676 g/mol. The summed E-state index contributed by atoms with van der Waals surface area (Å²) in [7, 11) is 1.39. The van der Waals surface area contributed by atoms with E-state index < -0.39 is 41.6 Å². The van der Waals surface area contributed by atoms with Gasteiger partial charge in [-0.25, -0.2) is 0 Å². The smallest absolute Gasteiger partial charge is 0.305 e. The number of aliphatic hydroxyl groups excluding tert-OH is 4. The molecule has 0 spiro atoms. The lowest BCUT2D eigenvalue weighted by atomic mass is 9.88. The molecule has 0 aromatic carbocycles. The fourth-order valence-electron chi connectivity index (χ4n) is 7.26. The SMILES string of the molecule is CCCCCC(C)(O)/C=C/[C@@H]1C(C/C=C\CCCC(=O)O)[C@@H](O)C[C@H]1O.CCCCCC(C)(O)/C=C/[C@@H]1C(C/C=C\CCCC(=O)OC)[C@@H](O)C[C@H]1O. The normalized spacial score (nSPS) is 28.4. The summed E-state index contributed by atoms with van der Waals surface area (Å²) in [6, 6.07) is 0. The third-order valence-electron chi connectivity index (χ3n) is 10.7. The molecule has 2 fully saturated rings. The lowest BCUT2D eigenvalue weighted by Crippen LogP contribution is -2.24. The molecule has 7 N–H and O–H groups in total. The Morgan fingerprint density at radius 3 is 1.43 bits per heavy atom. The van der Waals surface area contributed by atoms with Crippen molar-refractivity contribution in [3.63, 3.8) is 0 Å². The maximum Gasteiger partial charge on any atom is 0.305 e. The minimum atomic E-state index is -0.889. The molecule has 10 heteroatoms. The molecule has 0 bridgehead atoms. The topological polar surface area (TPSA) is 185 Å². The van der Waals surface area contributed by atoms with Crippen LogP contribution in [0.1, 0.15) is 143 Å². The predicted molar refractivity (Wildman–Crippen MR) is 210 cm³/mol. The highest BCUT2D eigenvalue weighted by atomic mass is 16.5. The largest absolute Gasteiger partial charge is 0.481 e. The van der Waals surface area contributed by atoms with Crippen LogP contribution in [-0.2, 0) is 14.3 Å². The minimum Gasteiger partial charge on any atom is -0.481 e. The van der Waals surface area contributed by atoms with Gasteiger partial charge in [-0.05, 0) is 77.0 Å². The maximum absolute atomic E-state index is 11.1. The Morgan fingerprint density at radius 1 is 0.642 bits per heavy atom. The van der Waals surface area contributed by atoms with Gasteiger partial charge in [-0.3, -0.25) is 9.59 Å². The molecule has 306 valence electrons. The number of unbranched alkanes of at least 4 members (excludes halogenated alkanes) is 6. The first-order chi connectivity index (χ1) is 25.1. The highest BCUT2D eigenvalue weighted by molar-refractivity contribution is 5.69. The van der Waals surface area contributed by atoms with Crippen molar-refractivity contribution in [2.75, 3.05) is 7.11 Å². The summed E-state index contributed by atoms with van der Waals surface area (Å²) in [6.07, 6.45) is 26.1. The molecule has 0 aromatic rings. The summed E-state index contributed by atoms with van der Waals surface area (Å²) in [5, 5.41) is 70.7. The molecule has 0 heterocycles. The summed E-state index contributed by atoms with van der Waals surface area (Å²) in [5.41, 5.74) is -1.77. The van der Waals surface area contributed by atoms with E-state index in [9.17, 15) is 40.2 Å². The second-order valence-electron chi connectivity index (χ2n) is 15.7. The van der Waals surface area contributed by atoms with Crippen LogP contribution in [0.2, 0.25) is 0 Å². The van der Waals surface area contributed by atoms with Crippen LogP contribution >= 0.6 is 0 Å². The number of rotatable bonds is 24. The van der Waals surface area contributed by atoms with E-state index in [1.807, 2.05) is 36.5 Å². The maximum atomic E-state index is 11.1. The van der Waals surface area contributed by atoms with Gasteiger partial charge in [0.15, 0.2) is 0 Å². The molecule has 0 aromatic heterocycles. The Bertz CT molecular complexity index is 1130. The zero-order valence-corrected chi connectivity index (χ0v) is 33.3. The van der Waals surface area contributed by atoms with E-state index in [1.165, 1.54) is 7.11 Å². The number of hydrogen-bond acceptors (Lipinski definition) is 9. The Labute approximate surface area is 319 Å². The van der Waals surface area contributed by atoms with Crippen LogP contribution in [0.15, 0.2) is 48.6 Å². The van der Waals surface area contributed by atoms with Gasteiger partial charge < -0.3 is 40.5 Å². The second kappa shape index (κ2) is 26.5. The molecule has 10 atom stereocenters. The summed E-state index contributed by atoms with van der Waals surface area (Å²) >= 11 is 0. The first-order valence-electron chi connectivity index (χ1n) is 20.2. The van der Waals surface area contributed by atoms with E-state index in [1.54, 1.807) is 26.0 Å². The van der Waals surface area contributed by atoms with Crippen LogP contribution in [0.5, 0.6) is 0 Å². The molecule has 2 rings (SSSR count). The van der Waals surface area contributed by atoms with E-state index in [2.05, 4.69) is 18.6 Å². The lowest BCUT2D eigenvalue weighted by Gasteiger charge is -2.23. The summed E-state index contributed by atoms with van der Waals surface area (Å²) < 4.78 is 4.61. The van der Waals surface area contributed by atoms with Crippen molar-refractivity contribution in [3.05, 3.63) is 48.6 Å². The zero-order chi connectivity index (χ0) is 39.9. The molecule has 4 unspecified atom stereocenters. The van der Waals surface area contributed by atoms with E-state index in [-0.39, 0.29) is 36.1 Å². The lowest BCUT2D eigenvalue weighted by molar-refractivity contribution is -0.140. The number of carbonyl (C=O) groups is 2. The summed E-state index contributed by atoms with van der Waals surface area (Å²) in [6.45, 7) is 7.84. The van der Waals surface area contributed by atoms with Crippen molar-refractivity contribution in [2.24, 2.45) is 23.7 Å². The van der Waals surface area contributed by atoms with E-state index >= 15 is 0 Å². The number of aliphatic hydroxyl groups is 6. The van der Waals surface area contributed by atoms with Gasteiger partial charge in [-0.1, -0.05) is 101 Å². The number of ether oxygens (including phenoxy) is 1. The van der Waals surface area contributed by atoms with Crippen molar-refractivity contribution in [3.8, 4) is 0 Å². The highest BCUT2D eigenvalue weighted by Crippen LogP contribution is 2.38. The fourth-order valence-corrected chi connectivity index (χ4v) is 7.26. The number of methoxy groups -OCH3 is 1. The van der Waals surface area contributed by atoms with Gasteiger partial charge in [-0.2, -0.15) is 0 Å². The standard InChI is InChI=1S/C22H38O5.C21H36O5/c1-4-5-10-14-22(2,26)15-13-18-17(19(23)16-20(18)24)11-8-6-7-9-12-21(25)27-3;1-3-4-9-13-21(2,26)14-12-17-16(18(22)15-19(17)23)10-7-5-6-8-11-20(24)25/h6,8,13,15,17-20,23-24,26H,4-5,7,9-12,14,16H2,1-3H3;5,7,12,14,16-19,22-23,26H,3-4,6,8-11,13,15H2,1-2H3,(H,24,25)/b8-6-,15-13+;7-5-,14-12+/t17?,18-,19+,20-,22?;16?,17-,18+,19-,21?/m11/s1. The van der Waals surface area contributed by atoms with Crippen LogP contribution in [0.3, 0.4) is 0 Å². The zero-order valence-electron chi connectivity index (χ0n) is 33.3. The van der Waals surface area contributed by atoms with Crippen molar-refractivity contribution in [1.29, 1.82) is 0 Å². The van der Waals surface area contributed by atoms with Gasteiger partial charge >= 0.3 is 11.9 Å². The van der Waals surface area contributed by atoms with Gasteiger partial charge in [0.05, 0.1) is 42.7 Å². The Kier molecular flexibility index (Phi) is 24.3. The van der Waals surface area contributed by atoms with Crippen LogP contribution in [-0.4, -0.2) is 90.4 Å². The van der Waals surface area contributed by atoms with E-state index in [4.69, 9.17) is 5.11 Å². The first-order valence-corrected chi connectivity index (χ1v) is 20.2. The second-order valence-corrected chi connectivity index (χ2v) is 15.7. The van der Waals surface area contributed by atoms with Crippen molar-refractivity contribution in [2.45, 2.75) is 179 Å². The number of aliphatic carboxylic acids is 1. The molecule has 10 nitrogen and oxygen atoms in total. The van der Waals surface area contributed by atoms with Crippen LogP contribution in [0.4, 0.5) is 0 Å². The van der Waals surface area contributed by atoms with Crippen LogP contribution < -0.4 is 0 Å². The third-order valence-corrected chi connectivity index (χ3v) is 10.7. The molecule has 53 heavy (non-hydrogen) atoms. The van der Waals surface area contributed by atoms with E-state index in [0.29, 0.717) is 57.8 Å². The van der Waals surface area contributed by atoms with E-state index in [0.717, 1.165) is 51.4 Å². The van der Waals surface area contributed by atoms with Gasteiger partial charge in [-0.15, -0.1) is 0 Å². The Hall–Kier alpha value is -2.34. The summed E-state index contributed by atoms with van der Waals surface area (Å²) in [4.78, 5) is 21.6. The number of carbonyl (C=O) groups excluding carboxylic acids is 1. The highest BCUT2D eigenvalue weighted by Gasteiger charge is 2.40. The van der Waals surface area contributed by atoms with Crippen molar-refractivity contribution in [1.82, 2.24) is 0 Å². The molecule has 2 aliphatic carbocycles. The summed E-state index contributed by atoms with van der Waals surface area (Å²) in [5.74, 6) is -1.45. The molecule has 2 aliphatic rings. The average Bonchev–Trinajstić information content (AvgIpc) is 3.52. The predicted octanol–water partition coefficient (Wildman–Crippen LogP) is 6.95. The molecule has 2 saturated carbocycles. The monoisotopic (exact) mass is 751 g/mol. The molecule has 0 aliphatic heterocycles. The number of carboxylic acids is 1. The van der Waals surface area contributed by atoms with Crippen LogP contribution in [0.25, 0.3) is 0 Å². The van der Waals surface area contributed by atoms with Gasteiger partial charge in [0.2, 0.25) is 0 Å². The van der Waals surface area contributed by atoms with Crippen LogP contribution in [0, 0.1) is 23.7 Å². The molecule has 0 saturated heterocycles. The average molecular weight is 751 g/mol.